The first-order chi connectivity index (χ1) is 9.35. The van der Waals surface area contributed by atoms with Gasteiger partial charge in [0.15, 0.2) is 5.75 Å². The van der Waals surface area contributed by atoms with Gasteiger partial charge in [0.25, 0.3) is 0 Å². The van der Waals surface area contributed by atoms with Crippen LogP contribution in [0.2, 0.25) is 0 Å². The van der Waals surface area contributed by atoms with E-state index in [-0.39, 0.29) is 23.9 Å². The van der Waals surface area contributed by atoms with Crippen molar-refractivity contribution < 1.29 is 19.6 Å². The van der Waals surface area contributed by atoms with Gasteiger partial charge in [0.1, 0.15) is 6.54 Å². The third kappa shape index (κ3) is 4.11. The second kappa shape index (κ2) is 6.74. The monoisotopic (exact) mass is 282 g/mol. The highest BCUT2D eigenvalue weighted by molar-refractivity contribution is 5.74. The van der Waals surface area contributed by atoms with Crippen LogP contribution in [0.1, 0.15) is 13.8 Å². The molecule has 0 amide bonds. The number of nitrogens with zero attached hydrogens (tertiary/aromatic N) is 2. The molecule has 0 radical (unpaired) electrons. The van der Waals surface area contributed by atoms with Gasteiger partial charge in [-0.05, 0) is 12.0 Å². The number of anilines is 1. The fourth-order valence-electron chi connectivity index (χ4n) is 1.88. The van der Waals surface area contributed by atoms with Gasteiger partial charge >= 0.3 is 11.7 Å². The lowest BCUT2D eigenvalue weighted by molar-refractivity contribution is -0.385. The van der Waals surface area contributed by atoms with E-state index in [4.69, 9.17) is 9.84 Å². The first-order valence-electron chi connectivity index (χ1n) is 6.14. The number of hydrogen-bond donors (Lipinski definition) is 1. The molecule has 0 saturated carbocycles. The Hall–Kier alpha value is -2.31. The minimum atomic E-state index is -0.956. The van der Waals surface area contributed by atoms with Gasteiger partial charge in [-0.25, -0.2) is 0 Å². The van der Waals surface area contributed by atoms with Gasteiger partial charge < -0.3 is 14.7 Å². The number of carboxylic acid groups (broad SMARTS) is 1. The molecule has 1 N–H and O–H groups in total. The number of benzene rings is 1. The zero-order valence-electron chi connectivity index (χ0n) is 11.7. The molecule has 0 bridgehead atoms. The normalized spacial score (nSPS) is 10.4. The van der Waals surface area contributed by atoms with Crippen LogP contribution in [-0.4, -0.2) is 36.2 Å². The van der Waals surface area contributed by atoms with E-state index >= 15 is 0 Å². The minimum Gasteiger partial charge on any atom is -0.490 e. The SMILES string of the molecule is COc1cc(N(CC(=O)O)CC(C)C)ccc1[N+](=O)[O-]. The Labute approximate surface area is 116 Å². The fraction of sp³-hybridized carbons (Fsp3) is 0.462. The maximum absolute atomic E-state index is 10.9. The van der Waals surface area contributed by atoms with Crippen molar-refractivity contribution in [1.82, 2.24) is 0 Å². The molecule has 0 spiro atoms. The summed E-state index contributed by atoms with van der Waals surface area (Å²) in [6.45, 7) is 4.31. The van der Waals surface area contributed by atoms with Gasteiger partial charge in [0, 0.05) is 24.4 Å². The van der Waals surface area contributed by atoms with Gasteiger partial charge in [-0.15, -0.1) is 0 Å². The molecule has 1 aromatic rings. The van der Waals surface area contributed by atoms with Crippen molar-refractivity contribution in [3.05, 3.63) is 28.3 Å². The summed E-state index contributed by atoms with van der Waals surface area (Å²) in [5.74, 6) is -0.579. The molecule has 0 saturated heterocycles. The Morgan fingerprint density at radius 1 is 1.50 bits per heavy atom. The number of methoxy groups -OCH3 is 1. The molecule has 0 heterocycles. The van der Waals surface area contributed by atoms with Crippen molar-refractivity contribution in [2.45, 2.75) is 13.8 Å². The Balaban J connectivity index is 3.13. The van der Waals surface area contributed by atoms with Crippen LogP contribution in [0.5, 0.6) is 5.75 Å². The van der Waals surface area contributed by atoms with Gasteiger partial charge in [0.05, 0.1) is 12.0 Å². The molecule has 0 unspecified atom stereocenters. The molecule has 0 aliphatic rings. The fourth-order valence-corrected chi connectivity index (χ4v) is 1.88. The molecule has 7 heteroatoms. The van der Waals surface area contributed by atoms with Crippen LogP contribution in [-0.2, 0) is 4.79 Å². The smallest absolute Gasteiger partial charge is 0.323 e. The van der Waals surface area contributed by atoms with Crippen molar-refractivity contribution in [3.8, 4) is 5.75 Å². The van der Waals surface area contributed by atoms with Crippen molar-refractivity contribution in [2.24, 2.45) is 5.92 Å². The average Bonchev–Trinajstić information content (AvgIpc) is 2.35. The summed E-state index contributed by atoms with van der Waals surface area (Å²) in [5, 5.41) is 19.8. The zero-order valence-corrected chi connectivity index (χ0v) is 11.7. The summed E-state index contributed by atoms with van der Waals surface area (Å²) < 4.78 is 4.99. The van der Waals surface area contributed by atoms with E-state index in [1.54, 1.807) is 4.90 Å². The van der Waals surface area contributed by atoms with E-state index in [0.29, 0.717) is 12.2 Å². The molecule has 20 heavy (non-hydrogen) atoms. The Morgan fingerprint density at radius 2 is 2.15 bits per heavy atom. The number of hydrogen-bond acceptors (Lipinski definition) is 5. The zero-order chi connectivity index (χ0) is 15.3. The lowest BCUT2D eigenvalue weighted by Crippen LogP contribution is -2.32. The predicted molar refractivity (Wildman–Crippen MR) is 74.3 cm³/mol. The summed E-state index contributed by atoms with van der Waals surface area (Å²) in [4.78, 5) is 22.9. The van der Waals surface area contributed by atoms with E-state index in [9.17, 15) is 14.9 Å². The van der Waals surface area contributed by atoms with Crippen LogP contribution in [0, 0.1) is 16.0 Å². The van der Waals surface area contributed by atoms with Crippen LogP contribution >= 0.6 is 0 Å². The van der Waals surface area contributed by atoms with Crippen LogP contribution < -0.4 is 9.64 Å². The number of rotatable bonds is 7. The molecule has 0 aliphatic heterocycles. The van der Waals surface area contributed by atoms with E-state index in [1.165, 1.54) is 25.3 Å². The molecule has 0 aromatic heterocycles. The number of nitro groups is 1. The van der Waals surface area contributed by atoms with Crippen LogP contribution in [0.3, 0.4) is 0 Å². The second-order valence-corrected chi connectivity index (χ2v) is 4.78. The number of carbonyl (C=O) groups is 1. The summed E-state index contributed by atoms with van der Waals surface area (Å²) in [6, 6.07) is 4.35. The summed E-state index contributed by atoms with van der Waals surface area (Å²) in [6.07, 6.45) is 0. The van der Waals surface area contributed by atoms with Crippen molar-refractivity contribution in [3.63, 3.8) is 0 Å². The Kier molecular flexibility index (Phi) is 5.31. The van der Waals surface area contributed by atoms with Crippen molar-refractivity contribution in [1.29, 1.82) is 0 Å². The van der Waals surface area contributed by atoms with Gasteiger partial charge in [-0.2, -0.15) is 0 Å². The van der Waals surface area contributed by atoms with Gasteiger partial charge in [-0.1, -0.05) is 13.8 Å². The van der Waals surface area contributed by atoms with Gasteiger partial charge in [-0.3, -0.25) is 14.9 Å². The topological polar surface area (TPSA) is 92.9 Å². The van der Waals surface area contributed by atoms with E-state index in [0.717, 1.165) is 0 Å². The van der Waals surface area contributed by atoms with Crippen molar-refractivity contribution in [2.75, 3.05) is 25.1 Å². The molecule has 7 nitrogen and oxygen atoms in total. The van der Waals surface area contributed by atoms with E-state index in [1.807, 2.05) is 13.8 Å². The van der Waals surface area contributed by atoms with E-state index in [2.05, 4.69) is 0 Å². The summed E-state index contributed by atoms with van der Waals surface area (Å²) in [7, 11) is 1.34. The largest absolute Gasteiger partial charge is 0.490 e. The molecule has 0 atom stereocenters. The highest BCUT2D eigenvalue weighted by Crippen LogP contribution is 2.31. The Morgan fingerprint density at radius 3 is 2.60 bits per heavy atom. The third-order valence-electron chi connectivity index (χ3n) is 2.64. The number of nitro benzene ring substituents is 1. The second-order valence-electron chi connectivity index (χ2n) is 4.78. The van der Waals surface area contributed by atoms with Crippen molar-refractivity contribution >= 4 is 17.3 Å². The highest BCUT2D eigenvalue weighted by atomic mass is 16.6. The van der Waals surface area contributed by atoms with Crippen LogP contribution in [0.15, 0.2) is 18.2 Å². The third-order valence-corrected chi connectivity index (χ3v) is 2.64. The minimum absolute atomic E-state index is 0.117. The molecule has 0 aliphatic carbocycles. The molecular formula is C13H18N2O5. The number of carboxylic acids is 1. The molecule has 0 fully saturated rings. The summed E-state index contributed by atoms with van der Waals surface area (Å²) >= 11 is 0. The van der Waals surface area contributed by atoms with E-state index < -0.39 is 10.9 Å². The molecular weight excluding hydrogens is 264 g/mol. The highest BCUT2D eigenvalue weighted by Gasteiger charge is 2.19. The van der Waals surface area contributed by atoms with Gasteiger partial charge in [0.2, 0.25) is 0 Å². The lowest BCUT2D eigenvalue weighted by atomic mass is 10.1. The Bertz CT molecular complexity index is 502. The van der Waals surface area contributed by atoms with Crippen LogP contribution in [0.4, 0.5) is 11.4 Å². The maximum atomic E-state index is 10.9. The lowest BCUT2D eigenvalue weighted by Gasteiger charge is -2.25. The predicted octanol–water partition coefficient (Wildman–Crippen LogP) is 2.15. The quantitative estimate of drug-likeness (QED) is 0.608. The number of aliphatic carboxylic acids is 1. The standard InChI is InChI=1S/C13H18N2O5/c1-9(2)7-14(8-13(16)17)10-4-5-11(15(18)19)12(6-10)20-3/h4-6,9H,7-8H2,1-3H3,(H,16,17). The molecule has 1 aromatic carbocycles. The number of ether oxygens (including phenoxy) is 1. The van der Waals surface area contributed by atoms with Crippen LogP contribution in [0.25, 0.3) is 0 Å². The summed E-state index contributed by atoms with van der Waals surface area (Å²) in [5.41, 5.74) is 0.444. The average molecular weight is 282 g/mol. The maximum Gasteiger partial charge on any atom is 0.323 e. The first kappa shape index (κ1) is 15.7. The molecule has 1 rings (SSSR count). The first-order valence-corrected chi connectivity index (χ1v) is 6.14. The molecule has 110 valence electrons.